The number of benzene rings is 2. The first-order chi connectivity index (χ1) is 17.5. The molecule has 0 aliphatic rings. The molecule has 0 bridgehead atoms. The second-order valence-electron chi connectivity index (χ2n) is 7.32. The van der Waals surface area contributed by atoms with Gasteiger partial charge in [-0.3, -0.25) is 4.79 Å². The van der Waals surface area contributed by atoms with Crippen molar-refractivity contribution < 1.29 is 14.3 Å². The van der Waals surface area contributed by atoms with Crippen LogP contribution >= 0.6 is 34.7 Å². The van der Waals surface area contributed by atoms with Crippen molar-refractivity contribution in [2.75, 3.05) is 14.2 Å². The van der Waals surface area contributed by atoms with E-state index >= 15 is 0 Å². The first-order valence-electron chi connectivity index (χ1n) is 10.6. The van der Waals surface area contributed by atoms with E-state index in [2.05, 4.69) is 20.6 Å². The molecule has 1 unspecified atom stereocenters. The largest absolute Gasteiger partial charge is 0.505 e. The van der Waals surface area contributed by atoms with E-state index < -0.39 is 11.6 Å². The number of aromatic nitrogens is 6. The second-order valence-corrected chi connectivity index (χ2v) is 10.0. The molecule has 0 fully saturated rings. The van der Waals surface area contributed by atoms with Crippen LogP contribution in [0.3, 0.4) is 0 Å². The molecular formula is C23H21ClN6O4S2. The van der Waals surface area contributed by atoms with Crippen LogP contribution in [0.25, 0.3) is 5.69 Å². The lowest BCUT2D eigenvalue weighted by molar-refractivity contribution is -0.141. The zero-order chi connectivity index (χ0) is 25.5. The lowest BCUT2D eigenvalue weighted by atomic mass is 9.95. The molecule has 0 N–H and O–H groups in total. The third-order valence-electron chi connectivity index (χ3n) is 5.05. The van der Waals surface area contributed by atoms with Gasteiger partial charge in [-0.1, -0.05) is 59.0 Å². The summed E-state index contributed by atoms with van der Waals surface area (Å²) in [5.41, 5.74) is 1.94. The topological polar surface area (TPSA) is 114 Å². The number of nitrogens with zero attached hydrogens (tertiary/aromatic N) is 6. The summed E-state index contributed by atoms with van der Waals surface area (Å²) < 4.78 is 13.1. The van der Waals surface area contributed by atoms with Crippen molar-refractivity contribution in [3.63, 3.8) is 0 Å². The standard InChI is InChI=1S/C23H21ClN6O4S2/c1-33-12-11-19(21(31)34-2)18-6-4-3-5-15(18)14-35-22-26-25-20(36-22)13-29-23(32)30(28-27-29)17-9-7-16(24)8-10-17/h3-12,19H,13-14H2,1-2H3/b12-11-. The van der Waals surface area contributed by atoms with Gasteiger partial charge in [-0.05, 0) is 51.9 Å². The highest BCUT2D eigenvalue weighted by atomic mass is 35.5. The van der Waals surface area contributed by atoms with Crippen molar-refractivity contribution in [3.8, 4) is 5.69 Å². The molecule has 2 aromatic heterocycles. The highest BCUT2D eigenvalue weighted by molar-refractivity contribution is 8.00. The zero-order valence-corrected chi connectivity index (χ0v) is 21.7. The molecule has 0 aliphatic carbocycles. The number of rotatable bonds is 10. The minimum atomic E-state index is -0.591. The maximum absolute atomic E-state index is 12.7. The number of tetrazole rings is 1. The fourth-order valence-corrected chi connectivity index (χ4v) is 5.33. The molecule has 0 aliphatic heterocycles. The van der Waals surface area contributed by atoms with Gasteiger partial charge in [0.2, 0.25) is 0 Å². The van der Waals surface area contributed by atoms with Gasteiger partial charge in [-0.25, -0.2) is 4.79 Å². The van der Waals surface area contributed by atoms with Gasteiger partial charge in [-0.15, -0.1) is 10.2 Å². The monoisotopic (exact) mass is 544 g/mol. The lowest BCUT2D eigenvalue weighted by Crippen LogP contribution is -2.24. The fourth-order valence-electron chi connectivity index (χ4n) is 3.31. The zero-order valence-electron chi connectivity index (χ0n) is 19.3. The minimum absolute atomic E-state index is 0.146. The Morgan fingerprint density at radius 1 is 1.14 bits per heavy atom. The number of hydrogen-bond acceptors (Lipinski definition) is 10. The Hall–Kier alpha value is -3.48. The van der Waals surface area contributed by atoms with Crippen molar-refractivity contribution in [2.24, 2.45) is 0 Å². The average Bonchev–Trinajstić information content (AvgIpc) is 3.50. The molecule has 0 radical (unpaired) electrons. The number of carbonyl (C=O) groups is 1. The van der Waals surface area contributed by atoms with Gasteiger partial charge >= 0.3 is 11.7 Å². The van der Waals surface area contributed by atoms with Gasteiger partial charge in [0.15, 0.2) is 4.34 Å². The maximum atomic E-state index is 12.7. The average molecular weight is 545 g/mol. The van der Waals surface area contributed by atoms with Crippen molar-refractivity contribution >= 4 is 40.7 Å². The number of hydrogen-bond donors (Lipinski definition) is 0. The summed E-state index contributed by atoms with van der Waals surface area (Å²) in [6, 6.07) is 14.4. The van der Waals surface area contributed by atoms with E-state index in [9.17, 15) is 9.59 Å². The fraction of sp³-hybridized carbons (Fsp3) is 0.217. The van der Waals surface area contributed by atoms with E-state index in [1.807, 2.05) is 24.3 Å². The third-order valence-corrected chi connectivity index (χ3v) is 7.39. The van der Waals surface area contributed by atoms with Crippen LogP contribution in [0.15, 0.2) is 70.0 Å². The van der Waals surface area contributed by atoms with E-state index in [4.69, 9.17) is 21.1 Å². The number of methoxy groups -OCH3 is 2. The SMILES string of the molecule is CO/C=C\C(C(=O)OC)c1ccccc1CSc1nnc(Cn2nnn(-c3ccc(Cl)cc3)c2=O)s1. The van der Waals surface area contributed by atoms with Crippen LogP contribution in [0.4, 0.5) is 0 Å². The Labute approximate surface area is 219 Å². The molecule has 2 heterocycles. The van der Waals surface area contributed by atoms with Crippen molar-refractivity contribution in [2.45, 2.75) is 22.6 Å². The summed E-state index contributed by atoms with van der Waals surface area (Å²) in [5, 5.41) is 17.5. The Morgan fingerprint density at radius 2 is 1.92 bits per heavy atom. The van der Waals surface area contributed by atoms with E-state index in [-0.39, 0.29) is 12.5 Å². The minimum Gasteiger partial charge on any atom is -0.505 e. The molecule has 186 valence electrons. The summed E-state index contributed by atoms with van der Waals surface area (Å²) in [6.45, 7) is 0.146. The van der Waals surface area contributed by atoms with Gasteiger partial charge in [0, 0.05) is 10.8 Å². The Bertz CT molecular complexity index is 1420. The molecule has 0 saturated heterocycles. The van der Waals surface area contributed by atoms with Crippen LogP contribution in [0.2, 0.25) is 5.02 Å². The van der Waals surface area contributed by atoms with Crippen molar-refractivity contribution in [1.29, 1.82) is 0 Å². The van der Waals surface area contributed by atoms with E-state index in [1.54, 1.807) is 30.3 Å². The molecule has 13 heteroatoms. The summed E-state index contributed by atoms with van der Waals surface area (Å²) in [4.78, 5) is 25.1. The molecular weight excluding hydrogens is 524 g/mol. The van der Waals surface area contributed by atoms with Crippen LogP contribution in [0, 0.1) is 0 Å². The molecule has 1 atom stereocenters. The van der Waals surface area contributed by atoms with Gasteiger partial charge in [0.25, 0.3) is 0 Å². The summed E-state index contributed by atoms with van der Waals surface area (Å²) >= 11 is 8.76. The van der Waals surface area contributed by atoms with Crippen LogP contribution in [0.5, 0.6) is 0 Å². The van der Waals surface area contributed by atoms with E-state index in [1.165, 1.54) is 52.9 Å². The normalized spacial score (nSPS) is 12.1. The number of carbonyl (C=O) groups excluding carboxylic acids is 1. The molecule has 10 nitrogen and oxygen atoms in total. The lowest BCUT2D eigenvalue weighted by Gasteiger charge is -2.15. The molecule has 4 aromatic rings. The number of halogens is 1. The van der Waals surface area contributed by atoms with Gasteiger partial charge in [-0.2, -0.15) is 9.36 Å². The number of thioether (sulfide) groups is 1. The number of esters is 1. The molecule has 4 rings (SSSR count). The first kappa shape index (κ1) is 25.6. The molecule has 0 spiro atoms. The van der Waals surface area contributed by atoms with Gasteiger partial charge in [0.1, 0.15) is 17.5 Å². The predicted octanol–water partition coefficient (Wildman–Crippen LogP) is 3.69. The van der Waals surface area contributed by atoms with Crippen molar-refractivity contribution in [1.82, 2.24) is 30.0 Å². The van der Waals surface area contributed by atoms with Gasteiger partial charge < -0.3 is 9.47 Å². The Kier molecular flexibility index (Phi) is 8.52. The third kappa shape index (κ3) is 6.01. The van der Waals surface area contributed by atoms with Crippen LogP contribution in [-0.2, 0) is 26.6 Å². The Morgan fingerprint density at radius 3 is 2.67 bits per heavy atom. The van der Waals surface area contributed by atoms with E-state index in [0.29, 0.717) is 21.5 Å². The summed E-state index contributed by atoms with van der Waals surface area (Å²) in [7, 11) is 2.88. The van der Waals surface area contributed by atoms with Crippen LogP contribution < -0.4 is 5.69 Å². The highest BCUT2D eigenvalue weighted by Crippen LogP contribution is 2.31. The molecule has 0 amide bonds. The number of ether oxygens (including phenoxy) is 2. The van der Waals surface area contributed by atoms with Crippen LogP contribution in [-0.4, -0.2) is 50.2 Å². The van der Waals surface area contributed by atoms with Gasteiger partial charge in [0.05, 0.1) is 26.2 Å². The quantitative estimate of drug-likeness (QED) is 0.167. The van der Waals surface area contributed by atoms with E-state index in [0.717, 1.165) is 15.5 Å². The van der Waals surface area contributed by atoms with Crippen LogP contribution in [0.1, 0.15) is 22.1 Å². The molecule has 0 saturated carbocycles. The van der Waals surface area contributed by atoms with Crippen molar-refractivity contribution in [3.05, 3.63) is 92.5 Å². The summed E-state index contributed by atoms with van der Waals surface area (Å²) in [5.74, 6) is -0.408. The highest BCUT2D eigenvalue weighted by Gasteiger charge is 2.22. The Balaban J connectivity index is 1.46. The molecule has 2 aromatic carbocycles. The second kappa shape index (κ2) is 12.0. The predicted molar refractivity (Wildman–Crippen MR) is 137 cm³/mol. The summed E-state index contributed by atoms with van der Waals surface area (Å²) in [6.07, 6.45) is 3.13. The maximum Gasteiger partial charge on any atom is 0.368 e. The first-order valence-corrected chi connectivity index (χ1v) is 12.8. The smallest absolute Gasteiger partial charge is 0.368 e. The molecule has 36 heavy (non-hydrogen) atoms.